The summed E-state index contributed by atoms with van der Waals surface area (Å²) >= 11 is 0. The molecule has 0 aliphatic carbocycles. The lowest BCUT2D eigenvalue weighted by Gasteiger charge is -2.17. The van der Waals surface area contributed by atoms with Crippen LogP contribution in [0.4, 0.5) is 11.4 Å². The van der Waals surface area contributed by atoms with Crippen LogP contribution in [0.15, 0.2) is 24.3 Å². The van der Waals surface area contributed by atoms with Crippen LogP contribution < -0.4 is 10.2 Å². The number of hydrogen-bond donors (Lipinski definition) is 2. The van der Waals surface area contributed by atoms with E-state index < -0.39 is 0 Å². The minimum absolute atomic E-state index is 0.00645. The Hall–Kier alpha value is -1.92. The number of anilines is 2. The number of hydrogen-bond acceptors (Lipinski definition) is 4. The van der Waals surface area contributed by atoms with E-state index in [1.54, 1.807) is 23.1 Å². The first-order valence-electron chi connectivity index (χ1n) is 6.44. The van der Waals surface area contributed by atoms with Gasteiger partial charge in [0.25, 0.3) is 0 Å². The van der Waals surface area contributed by atoms with Gasteiger partial charge >= 0.3 is 0 Å². The molecule has 1 unspecified atom stereocenters. The van der Waals surface area contributed by atoms with E-state index in [2.05, 4.69) is 5.32 Å². The van der Waals surface area contributed by atoms with E-state index in [4.69, 9.17) is 9.84 Å². The molecule has 0 aromatic heterocycles. The van der Waals surface area contributed by atoms with Crippen molar-refractivity contribution in [3.63, 3.8) is 0 Å². The highest BCUT2D eigenvalue weighted by molar-refractivity contribution is 5.97. The Labute approximate surface area is 117 Å². The highest BCUT2D eigenvalue weighted by Crippen LogP contribution is 2.26. The van der Waals surface area contributed by atoms with Crippen LogP contribution in [0.3, 0.4) is 0 Å². The molecule has 6 nitrogen and oxygen atoms in total. The maximum Gasteiger partial charge on any atom is 0.250 e. The molecule has 2 N–H and O–H groups in total. The van der Waals surface area contributed by atoms with Crippen molar-refractivity contribution in [1.29, 1.82) is 0 Å². The predicted octanol–water partition coefficient (Wildman–Crippen LogP) is 0.617. The number of amides is 2. The van der Waals surface area contributed by atoms with Gasteiger partial charge in [0.05, 0.1) is 0 Å². The Morgan fingerprint density at radius 2 is 2.35 bits per heavy atom. The van der Waals surface area contributed by atoms with Crippen LogP contribution in [0.5, 0.6) is 0 Å². The number of methoxy groups -OCH3 is 1. The lowest BCUT2D eigenvalue weighted by Crippen LogP contribution is -2.25. The van der Waals surface area contributed by atoms with Gasteiger partial charge in [-0.3, -0.25) is 9.59 Å². The Bertz CT molecular complexity index is 504. The van der Waals surface area contributed by atoms with Crippen molar-refractivity contribution in [2.45, 2.75) is 6.42 Å². The number of ether oxygens (including phenoxy) is 1. The van der Waals surface area contributed by atoms with Gasteiger partial charge in [0, 0.05) is 44.0 Å². The first-order chi connectivity index (χ1) is 9.63. The predicted molar refractivity (Wildman–Crippen MR) is 74.5 cm³/mol. The fourth-order valence-electron chi connectivity index (χ4n) is 2.23. The van der Waals surface area contributed by atoms with Crippen LogP contribution in [0.25, 0.3) is 0 Å². The first-order valence-corrected chi connectivity index (χ1v) is 6.44. The van der Waals surface area contributed by atoms with E-state index in [9.17, 15) is 9.59 Å². The van der Waals surface area contributed by atoms with E-state index in [0.29, 0.717) is 18.7 Å². The van der Waals surface area contributed by atoms with Gasteiger partial charge in [0.1, 0.15) is 6.61 Å². The fraction of sp³-hybridized carbons (Fsp3) is 0.429. The van der Waals surface area contributed by atoms with Gasteiger partial charge in [0.2, 0.25) is 11.8 Å². The summed E-state index contributed by atoms with van der Waals surface area (Å²) < 4.78 is 4.75. The Balaban J connectivity index is 2.10. The molecule has 1 heterocycles. The van der Waals surface area contributed by atoms with E-state index in [1.165, 1.54) is 7.11 Å². The maximum absolute atomic E-state index is 11.9. The standard InChI is InChI=1S/C14H18N2O4/c1-20-9-13(18)15-11-3-2-4-12(6-11)16-7-10(8-17)5-14(16)19/h2-4,6,10,17H,5,7-9H2,1H3,(H,15,18). The number of nitrogens with zero attached hydrogens (tertiary/aromatic N) is 1. The van der Waals surface area contributed by atoms with Crippen LogP contribution in [-0.4, -0.2) is 43.8 Å². The lowest BCUT2D eigenvalue weighted by atomic mass is 10.1. The van der Waals surface area contributed by atoms with Crippen molar-refractivity contribution in [1.82, 2.24) is 0 Å². The zero-order valence-corrected chi connectivity index (χ0v) is 11.3. The minimum Gasteiger partial charge on any atom is -0.396 e. The molecule has 1 aromatic rings. The number of benzene rings is 1. The second kappa shape index (κ2) is 6.49. The first kappa shape index (κ1) is 14.5. The van der Waals surface area contributed by atoms with Crippen LogP contribution in [-0.2, 0) is 14.3 Å². The van der Waals surface area contributed by atoms with Crippen LogP contribution in [0.1, 0.15) is 6.42 Å². The molecule has 2 amide bonds. The third kappa shape index (κ3) is 3.34. The van der Waals surface area contributed by atoms with Gasteiger partial charge in [-0.15, -0.1) is 0 Å². The average Bonchev–Trinajstić information content (AvgIpc) is 2.80. The summed E-state index contributed by atoms with van der Waals surface area (Å²) in [4.78, 5) is 25.0. The molecule has 0 spiro atoms. The molecule has 1 saturated heterocycles. The molecule has 1 aliphatic rings. The van der Waals surface area contributed by atoms with Gasteiger partial charge in [-0.05, 0) is 18.2 Å². The van der Waals surface area contributed by atoms with E-state index in [1.807, 2.05) is 6.07 Å². The third-order valence-electron chi connectivity index (χ3n) is 3.18. The fourth-order valence-corrected chi connectivity index (χ4v) is 2.23. The second-order valence-electron chi connectivity index (χ2n) is 4.79. The van der Waals surface area contributed by atoms with E-state index in [-0.39, 0.29) is 30.9 Å². The van der Waals surface area contributed by atoms with Crippen molar-refractivity contribution < 1.29 is 19.4 Å². The molecule has 0 radical (unpaired) electrons. The van der Waals surface area contributed by atoms with Crippen molar-refractivity contribution >= 4 is 23.2 Å². The summed E-state index contributed by atoms with van der Waals surface area (Å²) in [5, 5.41) is 11.8. The molecular formula is C14H18N2O4. The summed E-state index contributed by atoms with van der Waals surface area (Å²) in [7, 11) is 1.45. The molecule has 108 valence electrons. The molecule has 2 rings (SSSR count). The zero-order valence-electron chi connectivity index (χ0n) is 11.3. The van der Waals surface area contributed by atoms with Crippen molar-refractivity contribution in [2.24, 2.45) is 5.92 Å². The smallest absolute Gasteiger partial charge is 0.250 e. The molecule has 6 heteroatoms. The molecule has 1 aromatic carbocycles. The molecular weight excluding hydrogens is 260 g/mol. The topological polar surface area (TPSA) is 78.9 Å². The van der Waals surface area contributed by atoms with Crippen molar-refractivity contribution in [2.75, 3.05) is 37.1 Å². The van der Waals surface area contributed by atoms with Crippen molar-refractivity contribution in [3.8, 4) is 0 Å². The second-order valence-corrected chi connectivity index (χ2v) is 4.79. The number of aliphatic hydroxyl groups is 1. The minimum atomic E-state index is -0.245. The number of nitrogens with one attached hydrogen (secondary N) is 1. The summed E-state index contributed by atoms with van der Waals surface area (Å²) in [6, 6.07) is 7.08. The van der Waals surface area contributed by atoms with Crippen LogP contribution >= 0.6 is 0 Å². The number of carbonyl (C=O) groups excluding carboxylic acids is 2. The molecule has 0 bridgehead atoms. The average molecular weight is 278 g/mol. The number of carbonyl (C=O) groups is 2. The molecule has 1 aliphatic heterocycles. The maximum atomic E-state index is 11.9. The highest BCUT2D eigenvalue weighted by Gasteiger charge is 2.30. The van der Waals surface area contributed by atoms with Gasteiger partial charge in [0.15, 0.2) is 0 Å². The quantitative estimate of drug-likeness (QED) is 0.827. The summed E-state index contributed by atoms with van der Waals surface area (Å²) in [5.74, 6) is -0.274. The van der Waals surface area contributed by atoms with Crippen LogP contribution in [0.2, 0.25) is 0 Å². The van der Waals surface area contributed by atoms with Crippen LogP contribution in [0, 0.1) is 5.92 Å². The molecule has 20 heavy (non-hydrogen) atoms. The molecule has 1 atom stereocenters. The number of rotatable bonds is 5. The highest BCUT2D eigenvalue weighted by atomic mass is 16.5. The number of aliphatic hydroxyl groups excluding tert-OH is 1. The Kier molecular flexibility index (Phi) is 4.70. The van der Waals surface area contributed by atoms with Gasteiger partial charge in [-0.1, -0.05) is 6.07 Å². The Morgan fingerprint density at radius 3 is 3.00 bits per heavy atom. The van der Waals surface area contributed by atoms with Gasteiger partial charge in [-0.25, -0.2) is 0 Å². The normalized spacial score (nSPS) is 18.4. The monoisotopic (exact) mass is 278 g/mol. The molecule has 1 fully saturated rings. The lowest BCUT2D eigenvalue weighted by molar-refractivity contribution is -0.119. The summed E-state index contributed by atoms with van der Waals surface area (Å²) in [5.41, 5.74) is 1.34. The largest absolute Gasteiger partial charge is 0.396 e. The van der Waals surface area contributed by atoms with E-state index >= 15 is 0 Å². The third-order valence-corrected chi connectivity index (χ3v) is 3.18. The molecule has 0 saturated carbocycles. The Morgan fingerprint density at radius 1 is 1.55 bits per heavy atom. The zero-order chi connectivity index (χ0) is 14.5. The SMILES string of the molecule is COCC(=O)Nc1cccc(N2CC(CO)CC2=O)c1. The van der Waals surface area contributed by atoms with E-state index in [0.717, 1.165) is 5.69 Å². The summed E-state index contributed by atoms with van der Waals surface area (Å²) in [6.45, 7) is 0.497. The van der Waals surface area contributed by atoms with Gasteiger partial charge < -0.3 is 20.1 Å². The van der Waals surface area contributed by atoms with Gasteiger partial charge in [-0.2, -0.15) is 0 Å². The summed E-state index contributed by atoms with van der Waals surface area (Å²) in [6.07, 6.45) is 0.358. The van der Waals surface area contributed by atoms with Crippen molar-refractivity contribution in [3.05, 3.63) is 24.3 Å².